The van der Waals surface area contributed by atoms with Gasteiger partial charge in [-0.3, -0.25) is 0 Å². The number of rotatable bonds is 3. The van der Waals surface area contributed by atoms with Crippen molar-refractivity contribution >= 4 is 11.6 Å². The molecule has 0 aliphatic carbocycles. The Kier molecular flexibility index (Phi) is 3.07. The average molecular weight is 221 g/mol. The second-order valence-corrected chi connectivity index (χ2v) is 4.02. The van der Waals surface area contributed by atoms with Crippen LogP contribution >= 0.6 is 11.6 Å². The van der Waals surface area contributed by atoms with E-state index in [4.69, 9.17) is 11.6 Å². The SMILES string of the molecule is Cn1ccnc1CCc1ccc(Cl)cc1. The third-order valence-electron chi connectivity index (χ3n) is 2.47. The lowest BCUT2D eigenvalue weighted by atomic mass is 10.1. The highest BCUT2D eigenvalue weighted by molar-refractivity contribution is 6.30. The summed E-state index contributed by atoms with van der Waals surface area (Å²) in [5, 5.41) is 0.788. The maximum Gasteiger partial charge on any atom is 0.108 e. The van der Waals surface area contributed by atoms with Crippen LogP contribution in [0.2, 0.25) is 5.02 Å². The van der Waals surface area contributed by atoms with Crippen LogP contribution in [0.15, 0.2) is 36.7 Å². The molecule has 2 nitrogen and oxygen atoms in total. The topological polar surface area (TPSA) is 17.8 Å². The smallest absolute Gasteiger partial charge is 0.108 e. The van der Waals surface area contributed by atoms with E-state index in [1.54, 1.807) is 0 Å². The zero-order valence-electron chi connectivity index (χ0n) is 8.65. The molecule has 0 N–H and O–H groups in total. The van der Waals surface area contributed by atoms with Crippen LogP contribution in [0.1, 0.15) is 11.4 Å². The summed E-state index contributed by atoms with van der Waals surface area (Å²) in [4.78, 5) is 4.29. The monoisotopic (exact) mass is 220 g/mol. The normalized spacial score (nSPS) is 10.5. The zero-order valence-corrected chi connectivity index (χ0v) is 9.41. The van der Waals surface area contributed by atoms with Gasteiger partial charge in [0.25, 0.3) is 0 Å². The average Bonchev–Trinajstić information content (AvgIpc) is 2.63. The molecular formula is C12H13ClN2. The Bertz CT molecular complexity index is 431. The number of imidazole rings is 1. The second kappa shape index (κ2) is 4.49. The first-order chi connectivity index (χ1) is 7.25. The first-order valence-electron chi connectivity index (χ1n) is 4.96. The minimum atomic E-state index is 0.788. The number of hydrogen-bond acceptors (Lipinski definition) is 1. The Labute approximate surface area is 94.5 Å². The fourth-order valence-corrected chi connectivity index (χ4v) is 1.67. The Balaban J connectivity index is 1.99. The number of nitrogens with zero attached hydrogens (tertiary/aromatic N) is 2. The maximum absolute atomic E-state index is 5.82. The summed E-state index contributed by atoms with van der Waals surface area (Å²) in [6.07, 6.45) is 5.77. The van der Waals surface area contributed by atoms with Gasteiger partial charge in [0.05, 0.1) is 0 Å². The number of hydrogen-bond donors (Lipinski definition) is 0. The van der Waals surface area contributed by atoms with Crippen LogP contribution in [0, 0.1) is 0 Å². The summed E-state index contributed by atoms with van der Waals surface area (Å²) in [7, 11) is 2.02. The highest BCUT2D eigenvalue weighted by Crippen LogP contribution is 2.11. The standard InChI is InChI=1S/C12H13ClN2/c1-15-9-8-14-12(15)7-4-10-2-5-11(13)6-3-10/h2-3,5-6,8-9H,4,7H2,1H3. The van der Waals surface area contributed by atoms with Crippen molar-refractivity contribution in [3.63, 3.8) is 0 Å². The summed E-state index contributed by atoms with van der Waals surface area (Å²) in [6, 6.07) is 7.97. The molecule has 0 aliphatic heterocycles. The summed E-state index contributed by atoms with van der Waals surface area (Å²) >= 11 is 5.82. The second-order valence-electron chi connectivity index (χ2n) is 3.58. The van der Waals surface area contributed by atoms with Crippen LogP contribution in [-0.4, -0.2) is 9.55 Å². The first-order valence-corrected chi connectivity index (χ1v) is 5.34. The third kappa shape index (κ3) is 2.60. The molecule has 1 aromatic carbocycles. The van der Waals surface area contributed by atoms with Crippen LogP contribution in [0.5, 0.6) is 0 Å². The van der Waals surface area contributed by atoms with Crippen molar-refractivity contribution < 1.29 is 0 Å². The molecule has 0 unspecified atom stereocenters. The van der Waals surface area contributed by atoms with E-state index in [0.717, 1.165) is 23.7 Å². The predicted octanol–water partition coefficient (Wildman–Crippen LogP) is 2.86. The van der Waals surface area contributed by atoms with E-state index in [9.17, 15) is 0 Å². The number of aryl methyl sites for hydroxylation is 3. The predicted molar refractivity (Wildman–Crippen MR) is 62.1 cm³/mol. The van der Waals surface area contributed by atoms with Crippen LogP contribution in [0.3, 0.4) is 0 Å². The molecule has 0 amide bonds. The van der Waals surface area contributed by atoms with Gasteiger partial charge in [0.2, 0.25) is 0 Å². The molecule has 0 saturated carbocycles. The highest BCUT2D eigenvalue weighted by atomic mass is 35.5. The van der Waals surface area contributed by atoms with E-state index in [2.05, 4.69) is 21.7 Å². The molecule has 0 fully saturated rings. The lowest BCUT2D eigenvalue weighted by Crippen LogP contribution is -1.99. The van der Waals surface area contributed by atoms with Gasteiger partial charge in [-0.25, -0.2) is 4.98 Å². The fourth-order valence-electron chi connectivity index (χ4n) is 1.54. The summed E-state index contributed by atoms with van der Waals surface area (Å²) in [6.45, 7) is 0. The van der Waals surface area contributed by atoms with Gasteiger partial charge in [-0.2, -0.15) is 0 Å². The molecule has 2 rings (SSSR count). The zero-order chi connectivity index (χ0) is 10.7. The Morgan fingerprint density at radius 2 is 1.93 bits per heavy atom. The van der Waals surface area contributed by atoms with Gasteiger partial charge in [0.1, 0.15) is 5.82 Å². The maximum atomic E-state index is 5.82. The molecule has 0 aliphatic rings. The van der Waals surface area contributed by atoms with E-state index in [1.807, 2.05) is 31.6 Å². The number of benzene rings is 1. The van der Waals surface area contributed by atoms with Crippen molar-refractivity contribution in [3.05, 3.63) is 53.1 Å². The van der Waals surface area contributed by atoms with Gasteiger partial charge in [-0.05, 0) is 24.1 Å². The summed E-state index contributed by atoms with van der Waals surface area (Å²) in [5.74, 6) is 1.12. The molecule has 0 atom stereocenters. The van der Waals surface area contributed by atoms with E-state index < -0.39 is 0 Å². The van der Waals surface area contributed by atoms with Gasteiger partial charge < -0.3 is 4.57 Å². The number of aromatic nitrogens is 2. The highest BCUT2D eigenvalue weighted by Gasteiger charge is 1.99. The van der Waals surface area contributed by atoms with Crippen molar-refractivity contribution in [2.75, 3.05) is 0 Å². The Morgan fingerprint density at radius 3 is 2.53 bits per heavy atom. The Morgan fingerprint density at radius 1 is 1.20 bits per heavy atom. The van der Waals surface area contributed by atoms with Crippen molar-refractivity contribution in [2.45, 2.75) is 12.8 Å². The van der Waals surface area contributed by atoms with Gasteiger partial charge in [-0.15, -0.1) is 0 Å². The largest absolute Gasteiger partial charge is 0.338 e. The van der Waals surface area contributed by atoms with Gasteiger partial charge in [-0.1, -0.05) is 23.7 Å². The molecule has 0 spiro atoms. The van der Waals surface area contributed by atoms with Gasteiger partial charge in [0.15, 0.2) is 0 Å². The van der Waals surface area contributed by atoms with E-state index >= 15 is 0 Å². The molecule has 0 saturated heterocycles. The quantitative estimate of drug-likeness (QED) is 0.778. The molecule has 2 aromatic rings. The third-order valence-corrected chi connectivity index (χ3v) is 2.72. The Hall–Kier alpha value is -1.28. The molecule has 1 heterocycles. The molecule has 15 heavy (non-hydrogen) atoms. The van der Waals surface area contributed by atoms with Gasteiger partial charge in [0, 0.05) is 30.9 Å². The molecule has 1 aromatic heterocycles. The molecule has 0 bridgehead atoms. The van der Waals surface area contributed by atoms with Crippen molar-refractivity contribution in [1.82, 2.24) is 9.55 Å². The summed E-state index contributed by atoms with van der Waals surface area (Å²) < 4.78 is 2.05. The van der Waals surface area contributed by atoms with E-state index in [1.165, 1.54) is 5.56 Å². The van der Waals surface area contributed by atoms with Crippen LogP contribution in [0.4, 0.5) is 0 Å². The molecule has 3 heteroatoms. The van der Waals surface area contributed by atoms with Crippen LogP contribution in [0.25, 0.3) is 0 Å². The minimum Gasteiger partial charge on any atom is -0.338 e. The van der Waals surface area contributed by atoms with Crippen molar-refractivity contribution in [3.8, 4) is 0 Å². The molecular weight excluding hydrogens is 208 g/mol. The van der Waals surface area contributed by atoms with Crippen LogP contribution < -0.4 is 0 Å². The fraction of sp³-hybridized carbons (Fsp3) is 0.250. The van der Waals surface area contributed by atoms with Crippen LogP contribution in [-0.2, 0) is 19.9 Å². The molecule has 0 radical (unpaired) electrons. The summed E-state index contributed by atoms with van der Waals surface area (Å²) in [5.41, 5.74) is 1.29. The first kappa shape index (κ1) is 10.2. The van der Waals surface area contributed by atoms with E-state index in [0.29, 0.717) is 0 Å². The van der Waals surface area contributed by atoms with Crippen molar-refractivity contribution in [1.29, 1.82) is 0 Å². The van der Waals surface area contributed by atoms with Gasteiger partial charge >= 0.3 is 0 Å². The van der Waals surface area contributed by atoms with E-state index in [-0.39, 0.29) is 0 Å². The van der Waals surface area contributed by atoms with Crippen molar-refractivity contribution in [2.24, 2.45) is 7.05 Å². The molecule has 78 valence electrons. The number of halogens is 1. The lowest BCUT2D eigenvalue weighted by molar-refractivity contribution is 0.771. The minimum absolute atomic E-state index is 0.788. The lowest BCUT2D eigenvalue weighted by Gasteiger charge is -2.02.